The standard InChI is InChI=1S/C19H21N3O7/c1-27-15-7-4-12(10-17(15)29-3)8-9-20-18(23)19(24)21-14-6-5-13(22(25)26)11-16(14)28-2/h4-7,10-11H,8-9H2,1-3H3,(H,20,23)(H,21,24). The first-order chi connectivity index (χ1) is 13.9. The van der Waals surface area contributed by atoms with Crippen molar-refractivity contribution in [1.82, 2.24) is 5.32 Å². The van der Waals surface area contributed by atoms with Gasteiger partial charge in [-0.1, -0.05) is 6.07 Å². The molecule has 0 bridgehead atoms. The van der Waals surface area contributed by atoms with Crippen molar-refractivity contribution in [3.63, 3.8) is 0 Å². The highest BCUT2D eigenvalue weighted by Gasteiger charge is 2.18. The number of methoxy groups -OCH3 is 3. The maximum Gasteiger partial charge on any atom is 0.313 e. The van der Waals surface area contributed by atoms with Crippen LogP contribution in [0.2, 0.25) is 0 Å². The number of non-ortho nitro benzene ring substituents is 1. The second-order valence-electron chi connectivity index (χ2n) is 5.79. The lowest BCUT2D eigenvalue weighted by Gasteiger charge is -2.11. The van der Waals surface area contributed by atoms with Crippen molar-refractivity contribution in [3.8, 4) is 17.2 Å². The fourth-order valence-corrected chi connectivity index (χ4v) is 2.51. The van der Waals surface area contributed by atoms with E-state index >= 15 is 0 Å². The van der Waals surface area contributed by atoms with Crippen LogP contribution in [0.5, 0.6) is 17.2 Å². The molecule has 0 spiro atoms. The van der Waals surface area contributed by atoms with Gasteiger partial charge in [0.15, 0.2) is 11.5 Å². The highest BCUT2D eigenvalue weighted by atomic mass is 16.6. The molecule has 2 aromatic rings. The summed E-state index contributed by atoms with van der Waals surface area (Å²) >= 11 is 0. The Bertz CT molecular complexity index is 915. The SMILES string of the molecule is COc1cc([N+](=O)[O-])ccc1NC(=O)C(=O)NCCc1ccc(OC)c(OC)c1. The van der Waals surface area contributed by atoms with Gasteiger partial charge in [0.1, 0.15) is 5.75 Å². The molecule has 0 radical (unpaired) electrons. The van der Waals surface area contributed by atoms with E-state index in [1.54, 1.807) is 12.1 Å². The van der Waals surface area contributed by atoms with Crippen molar-refractivity contribution >= 4 is 23.2 Å². The average molecular weight is 403 g/mol. The average Bonchev–Trinajstić information content (AvgIpc) is 2.73. The number of ether oxygens (including phenoxy) is 3. The van der Waals surface area contributed by atoms with Crippen molar-refractivity contribution in [3.05, 3.63) is 52.1 Å². The zero-order valence-electron chi connectivity index (χ0n) is 16.2. The monoisotopic (exact) mass is 403 g/mol. The van der Waals surface area contributed by atoms with E-state index < -0.39 is 16.7 Å². The Labute approximate surface area is 166 Å². The highest BCUT2D eigenvalue weighted by molar-refractivity contribution is 6.39. The number of nitrogens with one attached hydrogen (secondary N) is 2. The Morgan fingerprint density at radius 3 is 2.24 bits per heavy atom. The number of hydrogen-bond donors (Lipinski definition) is 2. The number of anilines is 1. The molecule has 0 aliphatic carbocycles. The van der Waals surface area contributed by atoms with Crippen LogP contribution in [0.25, 0.3) is 0 Å². The van der Waals surface area contributed by atoms with Crippen molar-refractivity contribution < 1.29 is 28.7 Å². The van der Waals surface area contributed by atoms with Gasteiger partial charge < -0.3 is 24.8 Å². The van der Waals surface area contributed by atoms with Crippen molar-refractivity contribution in [2.75, 3.05) is 33.2 Å². The van der Waals surface area contributed by atoms with Gasteiger partial charge in [-0.2, -0.15) is 0 Å². The van der Waals surface area contributed by atoms with Crippen LogP contribution < -0.4 is 24.8 Å². The second-order valence-corrected chi connectivity index (χ2v) is 5.79. The molecule has 10 nitrogen and oxygen atoms in total. The molecule has 29 heavy (non-hydrogen) atoms. The fraction of sp³-hybridized carbons (Fsp3) is 0.263. The molecule has 10 heteroatoms. The number of rotatable bonds is 8. The van der Waals surface area contributed by atoms with Crippen molar-refractivity contribution in [2.45, 2.75) is 6.42 Å². The van der Waals surface area contributed by atoms with Crippen molar-refractivity contribution in [2.24, 2.45) is 0 Å². The second kappa shape index (κ2) is 9.93. The predicted octanol–water partition coefficient (Wildman–Crippen LogP) is 1.92. The van der Waals surface area contributed by atoms with E-state index in [1.807, 2.05) is 6.07 Å². The number of carbonyl (C=O) groups excluding carboxylic acids is 2. The number of nitro benzene ring substituents is 1. The van der Waals surface area contributed by atoms with E-state index in [0.717, 1.165) is 11.6 Å². The number of carbonyl (C=O) groups is 2. The van der Waals surface area contributed by atoms with Gasteiger partial charge in [-0.25, -0.2) is 0 Å². The van der Waals surface area contributed by atoms with Gasteiger partial charge in [-0.3, -0.25) is 19.7 Å². The summed E-state index contributed by atoms with van der Waals surface area (Å²) in [6, 6.07) is 9.02. The molecule has 0 aliphatic rings. The highest BCUT2D eigenvalue weighted by Crippen LogP contribution is 2.29. The van der Waals surface area contributed by atoms with E-state index in [9.17, 15) is 19.7 Å². The Balaban J connectivity index is 1.93. The minimum atomic E-state index is -0.913. The Kier molecular flexibility index (Phi) is 7.35. The number of hydrogen-bond acceptors (Lipinski definition) is 7. The maximum absolute atomic E-state index is 12.1. The van der Waals surface area contributed by atoms with Gasteiger partial charge in [0, 0.05) is 12.6 Å². The minimum Gasteiger partial charge on any atom is -0.494 e. The van der Waals surface area contributed by atoms with E-state index in [2.05, 4.69) is 10.6 Å². The first-order valence-electron chi connectivity index (χ1n) is 8.52. The van der Waals surface area contributed by atoms with Crippen LogP contribution in [0.4, 0.5) is 11.4 Å². The first-order valence-corrected chi connectivity index (χ1v) is 8.52. The van der Waals surface area contributed by atoms with Crippen LogP contribution in [-0.4, -0.2) is 44.6 Å². The summed E-state index contributed by atoms with van der Waals surface area (Å²) in [5.74, 6) is -0.517. The van der Waals surface area contributed by atoms with Gasteiger partial charge in [-0.15, -0.1) is 0 Å². The van der Waals surface area contributed by atoms with Crippen LogP contribution in [0.3, 0.4) is 0 Å². The third-order valence-corrected chi connectivity index (χ3v) is 4.00. The molecule has 2 aromatic carbocycles. The molecule has 0 saturated carbocycles. The third kappa shape index (κ3) is 5.58. The molecule has 2 N–H and O–H groups in total. The largest absolute Gasteiger partial charge is 0.494 e. The lowest BCUT2D eigenvalue weighted by Crippen LogP contribution is -2.36. The molecule has 0 saturated heterocycles. The van der Waals surface area contributed by atoms with Gasteiger partial charge in [-0.05, 0) is 30.2 Å². The molecule has 0 atom stereocenters. The summed E-state index contributed by atoms with van der Waals surface area (Å²) in [5, 5.41) is 15.7. The van der Waals surface area contributed by atoms with Gasteiger partial charge in [0.2, 0.25) is 0 Å². The summed E-state index contributed by atoms with van der Waals surface area (Å²) in [7, 11) is 4.37. The normalized spacial score (nSPS) is 10.0. The molecule has 0 unspecified atom stereocenters. The predicted molar refractivity (Wildman–Crippen MR) is 105 cm³/mol. The smallest absolute Gasteiger partial charge is 0.313 e. The summed E-state index contributed by atoms with van der Waals surface area (Å²) in [4.78, 5) is 34.3. The molecule has 0 aromatic heterocycles. The molecule has 2 amide bonds. The third-order valence-electron chi connectivity index (χ3n) is 4.00. The van der Waals surface area contributed by atoms with E-state index in [-0.39, 0.29) is 23.7 Å². The van der Waals surface area contributed by atoms with Gasteiger partial charge in [0.25, 0.3) is 5.69 Å². The fourth-order valence-electron chi connectivity index (χ4n) is 2.51. The quantitative estimate of drug-likeness (QED) is 0.391. The summed E-state index contributed by atoms with van der Waals surface area (Å²) < 4.78 is 15.4. The Morgan fingerprint density at radius 2 is 1.62 bits per heavy atom. The molecule has 0 aliphatic heterocycles. The number of nitrogens with zero attached hydrogens (tertiary/aromatic N) is 1. The van der Waals surface area contributed by atoms with Crippen LogP contribution in [0.15, 0.2) is 36.4 Å². The molecule has 154 valence electrons. The zero-order chi connectivity index (χ0) is 21.4. The van der Waals surface area contributed by atoms with Crippen LogP contribution in [-0.2, 0) is 16.0 Å². The summed E-state index contributed by atoms with van der Waals surface area (Å²) in [6.07, 6.45) is 0.472. The summed E-state index contributed by atoms with van der Waals surface area (Å²) in [5.41, 5.74) is 0.845. The zero-order valence-corrected chi connectivity index (χ0v) is 16.2. The maximum atomic E-state index is 12.1. The van der Waals surface area contributed by atoms with Crippen LogP contribution in [0.1, 0.15) is 5.56 Å². The first kappa shape index (κ1) is 21.5. The molecule has 0 heterocycles. The Morgan fingerprint density at radius 1 is 0.931 bits per heavy atom. The topological polar surface area (TPSA) is 129 Å². The van der Waals surface area contributed by atoms with Gasteiger partial charge >= 0.3 is 11.8 Å². The lowest BCUT2D eigenvalue weighted by molar-refractivity contribution is -0.384. The Hall–Kier alpha value is -3.82. The summed E-state index contributed by atoms with van der Waals surface area (Å²) in [6.45, 7) is 0.221. The van der Waals surface area contributed by atoms with Crippen LogP contribution in [0, 0.1) is 10.1 Å². The van der Waals surface area contributed by atoms with E-state index in [1.165, 1.54) is 33.5 Å². The molecular formula is C19H21N3O7. The van der Waals surface area contributed by atoms with Gasteiger partial charge in [0.05, 0.1) is 38.0 Å². The van der Waals surface area contributed by atoms with E-state index in [4.69, 9.17) is 14.2 Å². The van der Waals surface area contributed by atoms with E-state index in [0.29, 0.717) is 17.9 Å². The minimum absolute atomic E-state index is 0.0747. The van der Waals surface area contributed by atoms with Crippen LogP contribution >= 0.6 is 0 Å². The number of amides is 2. The molecular weight excluding hydrogens is 382 g/mol. The van der Waals surface area contributed by atoms with Crippen molar-refractivity contribution in [1.29, 1.82) is 0 Å². The molecule has 0 fully saturated rings. The number of nitro groups is 1. The number of benzene rings is 2. The lowest BCUT2D eigenvalue weighted by atomic mass is 10.1. The molecule has 2 rings (SSSR count).